The number of nitrogens with zero attached hydrogens (tertiary/aromatic N) is 1. The molecule has 5 heteroatoms. The number of hydrogen-bond acceptors (Lipinski definition) is 3. The molecule has 0 aromatic heterocycles. The Morgan fingerprint density at radius 1 is 1.45 bits per heavy atom. The summed E-state index contributed by atoms with van der Waals surface area (Å²) in [5.41, 5.74) is 1.23. The van der Waals surface area contributed by atoms with Crippen molar-refractivity contribution in [1.29, 1.82) is 0 Å². The maximum Gasteiger partial charge on any atom is 0.407 e. The molecule has 0 aliphatic carbocycles. The van der Waals surface area contributed by atoms with Crippen molar-refractivity contribution in [2.24, 2.45) is 0 Å². The molecule has 0 spiro atoms. The topological polar surface area (TPSA) is 61.8 Å². The molecule has 5 nitrogen and oxygen atoms in total. The van der Waals surface area contributed by atoms with E-state index in [0.29, 0.717) is 19.7 Å². The summed E-state index contributed by atoms with van der Waals surface area (Å²) < 4.78 is 5.70. The number of benzene rings is 1. The zero-order chi connectivity index (χ0) is 14.4. The smallest absolute Gasteiger partial charge is 0.407 e. The number of piperidine rings is 1. The summed E-state index contributed by atoms with van der Waals surface area (Å²) >= 11 is 0. The Bertz CT molecular complexity index is 424. The lowest BCUT2D eigenvalue weighted by molar-refractivity contribution is -0.0127. The summed E-state index contributed by atoms with van der Waals surface area (Å²) in [4.78, 5) is 12.5. The van der Waals surface area contributed by atoms with E-state index in [2.05, 4.69) is 17.4 Å². The number of likely N-dealkylation sites (tertiary alicyclic amines) is 1. The molecule has 1 heterocycles. The number of ether oxygens (including phenoxy) is 1. The minimum atomic E-state index is -0.865. The van der Waals surface area contributed by atoms with Gasteiger partial charge in [-0.05, 0) is 18.9 Å². The molecule has 1 aliphatic rings. The molecule has 1 aromatic carbocycles. The first-order valence-electron chi connectivity index (χ1n) is 7.07. The first-order chi connectivity index (χ1) is 9.70. The fourth-order valence-electron chi connectivity index (χ4n) is 2.55. The number of carbonyl (C=O) groups is 1. The maximum atomic E-state index is 11.0. The summed E-state index contributed by atoms with van der Waals surface area (Å²) in [5.74, 6) is 0. The number of rotatable bonds is 5. The number of amides is 1. The van der Waals surface area contributed by atoms with Crippen LogP contribution in [-0.2, 0) is 11.3 Å². The first kappa shape index (κ1) is 14.8. The molecule has 1 fully saturated rings. The van der Waals surface area contributed by atoms with Gasteiger partial charge in [-0.3, -0.25) is 0 Å². The van der Waals surface area contributed by atoms with Gasteiger partial charge in [-0.2, -0.15) is 0 Å². The lowest BCUT2D eigenvalue weighted by atomic mass is 10.0. The van der Waals surface area contributed by atoms with Crippen LogP contribution in [-0.4, -0.2) is 47.9 Å². The van der Waals surface area contributed by atoms with Crippen LogP contribution >= 0.6 is 0 Å². The first-order valence-corrected chi connectivity index (χ1v) is 7.07. The van der Waals surface area contributed by atoms with Crippen molar-refractivity contribution < 1.29 is 14.6 Å². The Morgan fingerprint density at radius 2 is 2.20 bits per heavy atom. The van der Waals surface area contributed by atoms with Gasteiger partial charge in [0.25, 0.3) is 0 Å². The third-order valence-corrected chi connectivity index (χ3v) is 3.62. The minimum absolute atomic E-state index is 0.0754. The molecule has 1 amide bonds. The van der Waals surface area contributed by atoms with Gasteiger partial charge in [0.15, 0.2) is 0 Å². The van der Waals surface area contributed by atoms with Gasteiger partial charge >= 0.3 is 6.09 Å². The molecular formula is C15H22N2O3. The Balaban J connectivity index is 1.90. The van der Waals surface area contributed by atoms with E-state index in [1.165, 1.54) is 10.5 Å². The van der Waals surface area contributed by atoms with Gasteiger partial charge in [0.1, 0.15) is 0 Å². The quantitative estimate of drug-likeness (QED) is 0.864. The van der Waals surface area contributed by atoms with Gasteiger partial charge in [0.2, 0.25) is 0 Å². The van der Waals surface area contributed by atoms with E-state index in [1.807, 2.05) is 25.1 Å². The molecule has 2 N–H and O–H groups in total. The van der Waals surface area contributed by atoms with Gasteiger partial charge in [0, 0.05) is 25.7 Å². The molecule has 2 atom stereocenters. The summed E-state index contributed by atoms with van der Waals surface area (Å²) in [6.45, 7) is 4.32. The number of hydrogen-bond donors (Lipinski definition) is 2. The predicted octanol–water partition coefficient (Wildman–Crippen LogP) is 1.93. The predicted molar refractivity (Wildman–Crippen MR) is 76.7 cm³/mol. The largest absolute Gasteiger partial charge is 0.465 e. The average molecular weight is 278 g/mol. The lowest BCUT2D eigenvalue weighted by Gasteiger charge is -2.37. The van der Waals surface area contributed by atoms with Gasteiger partial charge in [-0.15, -0.1) is 0 Å². The Hall–Kier alpha value is -1.59. The monoisotopic (exact) mass is 278 g/mol. The van der Waals surface area contributed by atoms with Gasteiger partial charge in [-0.25, -0.2) is 4.79 Å². The number of carboxylic acid groups (broad SMARTS) is 1. The summed E-state index contributed by atoms with van der Waals surface area (Å²) in [6, 6.07) is 10.4. The van der Waals surface area contributed by atoms with Crippen LogP contribution in [0.25, 0.3) is 0 Å². The molecule has 1 aliphatic heterocycles. The van der Waals surface area contributed by atoms with E-state index in [9.17, 15) is 4.79 Å². The molecular weight excluding hydrogens is 256 g/mol. The molecule has 0 saturated carbocycles. The summed E-state index contributed by atoms with van der Waals surface area (Å²) in [7, 11) is 0. The van der Waals surface area contributed by atoms with E-state index in [-0.39, 0.29) is 12.1 Å². The van der Waals surface area contributed by atoms with Crippen molar-refractivity contribution in [2.75, 3.05) is 19.7 Å². The maximum absolute atomic E-state index is 11.0. The van der Waals surface area contributed by atoms with Gasteiger partial charge in [0.05, 0.1) is 12.6 Å². The highest BCUT2D eigenvalue weighted by atomic mass is 16.5. The minimum Gasteiger partial charge on any atom is -0.465 e. The zero-order valence-electron chi connectivity index (χ0n) is 11.8. The SMILES string of the molecule is CCO[C@H]1CN(C(=O)O)CC[C@H]1NCc1ccccc1. The third-order valence-electron chi connectivity index (χ3n) is 3.62. The van der Waals surface area contributed by atoms with Crippen LogP contribution < -0.4 is 5.32 Å². The molecule has 20 heavy (non-hydrogen) atoms. The molecule has 2 rings (SSSR count). The van der Waals surface area contributed by atoms with E-state index >= 15 is 0 Å². The zero-order valence-corrected chi connectivity index (χ0v) is 11.8. The van der Waals surface area contributed by atoms with Crippen molar-refractivity contribution in [1.82, 2.24) is 10.2 Å². The van der Waals surface area contributed by atoms with Gasteiger partial charge < -0.3 is 20.1 Å². The van der Waals surface area contributed by atoms with Crippen LogP contribution in [0.1, 0.15) is 18.9 Å². The Morgan fingerprint density at radius 3 is 2.85 bits per heavy atom. The second-order valence-corrected chi connectivity index (χ2v) is 4.98. The van der Waals surface area contributed by atoms with Crippen LogP contribution in [0.5, 0.6) is 0 Å². The van der Waals surface area contributed by atoms with Crippen molar-refractivity contribution in [2.45, 2.75) is 32.0 Å². The average Bonchev–Trinajstić information content (AvgIpc) is 2.47. The van der Waals surface area contributed by atoms with E-state index in [1.54, 1.807) is 0 Å². The normalized spacial score (nSPS) is 22.8. The Labute approximate surface area is 119 Å². The highest BCUT2D eigenvalue weighted by molar-refractivity contribution is 5.65. The molecule has 110 valence electrons. The molecule has 0 bridgehead atoms. The summed E-state index contributed by atoms with van der Waals surface area (Å²) in [6.07, 6.45) is -0.158. The van der Waals surface area contributed by atoms with Crippen molar-refractivity contribution in [3.8, 4) is 0 Å². The Kier molecular flexibility index (Phi) is 5.38. The second kappa shape index (κ2) is 7.26. The summed E-state index contributed by atoms with van der Waals surface area (Å²) in [5, 5.41) is 12.6. The van der Waals surface area contributed by atoms with E-state index in [0.717, 1.165) is 13.0 Å². The van der Waals surface area contributed by atoms with Crippen molar-refractivity contribution in [3.63, 3.8) is 0 Å². The molecule has 0 radical (unpaired) electrons. The van der Waals surface area contributed by atoms with Crippen LogP contribution in [0.2, 0.25) is 0 Å². The van der Waals surface area contributed by atoms with Crippen molar-refractivity contribution in [3.05, 3.63) is 35.9 Å². The van der Waals surface area contributed by atoms with Crippen LogP contribution in [0, 0.1) is 0 Å². The third kappa shape index (κ3) is 3.95. The standard InChI is InChI=1S/C15H22N2O3/c1-2-20-14-11-17(15(18)19)9-8-13(14)16-10-12-6-4-3-5-7-12/h3-7,13-14,16H,2,8-11H2,1H3,(H,18,19)/t13-,14+/m1/s1. The molecule has 1 aromatic rings. The fraction of sp³-hybridized carbons (Fsp3) is 0.533. The van der Waals surface area contributed by atoms with Gasteiger partial charge in [-0.1, -0.05) is 30.3 Å². The van der Waals surface area contributed by atoms with Crippen LogP contribution in [0.3, 0.4) is 0 Å². The van der Waals surface area contributed by atoms with Crippen LogP contribution in [0.15, 0.2) is 30.3 Å². The number of nitrogens with one attached hydrogen (secondary N) is 1. The second-order valence-electron chi connectivity index (χ2n) is 4.98. The van der Waals surface area contributed by atoms with Crippen LogP contribution in [0.4, 0.5) is 4.79 Å². The molecule has 0 unspecified atom stereocenters. The molecule has 1 saturated heterocycles. The highest BCUT2D eigenvalue weighted by Crippen LogP contribution is 2.15. The lowest BCUT2D eigenvalue weighted by Crippen LogP contribution is -2.54. The fourth-order valence-corrected chi connectivity index (χ4v) is 2.55. The van der Waals surface area contributed by atoms with E-state index < -0.39 is 6.09 Å². The highest BCUT2D eigenvalue weighted by Gasteiger charge is 2.31. The van der Waals surface area contributed by atoms with Crippen molar-refractivity contribution >= 4 is 6.09 Å². The van der Waals surface area contributed by atoms with E-state index in [4.69, 9.17) is 9.84 Å².